The number of primary amides is 1. The Bertz CT molecular complexity index is 344. The number of aromatic nitrogens is 2. The Morgan fingerprint density at radius 3 is 2.94 bits per heavy atom. The number of nitrogens with two attached hydrogens (primary N) is 1. The quantitative estimate of drug-likeness (QED) is 0.537. The second-order valence-electron chi connectivity index (χ2n) is 2.99. The van der Waals surface area contributed by atoms with Crippen molar-refractivity contribution in [3.63, 3.8) is 0 Å². The molecular weight excluding hydrogens is 210 g/mol. The maximum atomic E-state index is 10.4. The largest absolute Gasteiger partial charge is 0.372 e. The Balaban J connectivity index is 2.23. The lowest BCUT2D eigenvalue weighted by Gasteiger charge is -2.06. The SMILES string of the molecule is CNc1cncc(NCCOCC(N)=O)n1. The summed E-state index contributed by atoms with van der Waals surface area (Å²) in [6.07, 6.45) is 3.23. The van der Waals surface area contributed by atoms with Gasteiger partial charge in [0, 0.05) is 13.6 Å². The fourth-order valence-electron chi connectivity index (χ4n) is 0.996. The molecule has 1 amide bonds. The fraction of sp³-hybridized carbons (Fsp3) is 0.444. The molecule has 1 heterocycles. The van der Waals surface area contributed by atoms with Crippen LogP contribution in [0, 0.1) is 0 Å². The molecule has 0 saturated carbocycles. The lowest BCUT2D eigenvalue weighted by Crippen LogP contribution is -2.20. The Labute approximate surface area is 93.4 Å². The van der Waals surface area contributed by atoms with Crippen molar-refractivity contribution in [1.82, 2.24) is 9.97 Å². The first-order valence-electron chi connectivity index (χ1n) is 4.82. The lowest BCUT2D eigenvalue weighted by molar-refractivity contribution is -0.122. The highest BCUT2D eigenvalue weighted by molar-refractivity contribution is 5.74. The topological polar surface area (TPSA) is 102 Å². The van der Waals surface area contributed by atoms with Gasteiger partial charge in [0.25, 0.3) is 0 Å². The van der Waals surface area contributed by atoms with Crippen LogP contribution in [0.15, 0.2) is 12.4 Å². The van der Waals surface area contributed by atoms with E-state index in [0.29, 0.717) is 24.8 Å². The summed E-state index contributed by atoms with van der Waals surface area (Å²) in [4.78, 5) is 18.5. The van der Waals surface area contributed by atoms with Gasteiger partial charge >= 0.3 is 0 Å². The van der Waals surface area contributed by atoms with Crippen molar-refractivity contribution in [2.24, 2.45) is 5.73 Å². The maximum Gasteiger partial charge on any atom is 0.243 e. The first kappa shape index (κ1) is 12.2. The van der Waals surface area contributed by atoms with Crippen LogP contribution in [0.3, 0.4) is 0 Å². The molecule has 7 nitrogen and oxygen atoms in total. The Morgan fingerprint density at radius 2 is 2.25 bits per heavy atom. The van der Waals surface area contributed by atoms with Crippen LogP contribution in [-0.4, -0.2) is 42.7 Å². The van der Waals surface area contributed by atoms with Crippen molar-refractivity contribution < 1.29 is 9.53 Å². The van der Waals surface area contributed by atoms with E-state index in [9.17, 15) is 4.79 Å². The van der Waals surface area contributed by atoms with Gasteiger partial charge in [0.05, 0.1) is 19.0 Å². The molecule has 88 valence electrons. The minimum atomic E-state index is -0.475. The average Bonchev–Trinajstić information content (AvgIpc) is 2.28. The number of ether oxygens (including phenoxy) is 1. The predicted molar refractivity (Wildman–Crippen MR) is 60.1 cm³/mol. The normalized spacial score (nSPS) is 9.81. The van der Waals surface area contributed by atoms with Crippen molar-refractivity contribution >= 4 is 17.5 Å². The fourth-order valence-corrected chi connectivity index (χ4v) is 0.996. The van der Waals surface area contributed by atoms with Gasteiger partial charge in [-0.2, -0.15) is 0 Å². The Morgan fingerprint density at radius 1 is 1.50 bits per heavy atom. The van der Waals surface area contributed by atoms with Crippen molar-refractivity contribution in [1.29, 1.82) is 0 Å². The van der Waals surface area contributed by atoms with Crippen LogP contribution in [0.4, 0.5) is 11.6 Å². The summed E-state index contributed by atoms with van der Waals surface area (Å²) in [6, 6.07) is 0. The van der Waals surface area contributed by atoms with Gasteiger partial charge in [-0.3, -0.25) is 9.78 Å². The summed E-state index contributed by atoms with van der Waals surface area (Å²) in [6.45, 7) is 0.855. The van der Waals surface area contributed by atoms with Gasteiger partial charge < -0.3 is 21.1 Å². The summed E-state index contributed by atoms with van der Waals surface area (Å²) in [5, 5.41) is 5.88. The van der Waals surface area contributed by atoms with Crippen LogP contribution in [0.25, 0.3) is 0 Å². The number of carbonyl (C=O) groups is 1. The molecule has 16 heavy (non-hydrogen) atoms. The first-order valence-corrected chi connectivity index (χ1v) is 4.82. The third kappa shape index (κ3) is 4.56. The number of rotatable bonds is 7. The van der Waals surface area contributed by atoms with Gasteiger partial charge in [0.15, 0.2) is 0 Å². The molecule has 0 saturated heterocycles. The van der Waals surface area contributed by atoms with Gasteiger partial charge in [0.1, 0.15) is 18.2 Å². The van der Waals surface area contributed by atoms with Crippen molar-refractivity contribution in [2.45, 2.75) is 0 Å². The van der Waals surface area contributed by atoms with Gasteiger partial charge in [-0.1, -0.05) is 0 Å². The molecule has 0 radical (unpaired) electrons. The number of hydrogen-bond acceptors (Lipinski definition) is 6. The Kier molecular flexibility index (Phi) is 5.00. The minimum absolute atomic E-state index is 0.0656. The zero-order valence-corrected chi connectivity index (χ0v) is 9.06. The minimum Gasteiger partial charge on any atom is -0.372 e. The van der Waals surface area contributed by atoms with Crippen LogP contribution in [-0.2, 0) is 9.53 Å². The number of carbonyl (C=O) groups excluding carboxylic acids is 1. The number of amides is 1. The van der Waals surface area contributed by atoms with E-state index in [0.717, 1.165) is 0 Å². The lowest BCUT2D eigenvalue weighted by atomic mass is 10.5. The highest BCUT2D eigenvalue weighted by atomic mass is 16.5. The van der Waals surface area contributed by atoms with E-state index < -0.39 is 5.91 Å². The molecule has 0 atom stereocenters. The second-order valence-corrected chi connectivity index (χ2v) is 2.99. The standard InChI is InChI=1S/C9H15N5O2/c1-11-8-4-12-5-9(14-8)13-2-3-16-6-7(10)15/h4-5H,2-3,6H2,1H3,(H2,10,15)(H2,11,13,14). The Hall–Kier alpha value is -1.89. The van der Waals surface area contributed by atoms with E-state index >= 15 is 0 Å². The summed E-state index contributed by atoms with van der Waals surface area (Å²) in [7, 11) is 1.77. The summed E-state index contributed by atoms with van der Waals surface area (Å²) in [5.41, 5.74) is 4.91. The molecule has 0 aliphatic rings. The smallest absolute Gasteiger partial charge is 0.243 e. The third-order valence-electron chi connectivity index (χ3n) is 1.69. The number of nitrogens with zero attached hydrogens (tertiary/aromatic N) is 2. The molecular formula is C9H15N5O2. The van der Waals surface area contributed by atoms with Gasteiger partial charge in [-0.05, 0) is 0 Å². The molecule has 1 aromatic rings. The van der Waals surface area contributed by atoms with Crippen molar-refractivity contribution in [2.75, 3.05) is 37.4 Å². The molecule has 0 aliphatic heterocycles. The summed E-state index contributed by atoms with van der Waals surface area (Å²) < 4.78 is 4.97. The maximum absolute atomic E-state index is 10.4. The molecule has 1 rings (SSSR count). The molecule has 7 heteroatoms. The van der Waals surface area contributed by atoms with Crippen LogP contribution >= 0.6 is 0 Å². The van der Waals surface area contributed by atoms with Gasteiger partial charge in [-0.15, -0.1) is 0 Å². The number of anilines is 2. The first-order chi connectivity index (χ1) is 7.72. The molecule has 1 aromatic heterocycles. The zero-order chi connectivity index (χ0) is 11.8. The molecule has 0 unspecified atom stereocenters. The van der Waals surface area contributed by atoms with E-state index in [1.807, 2.05) is 0 Å². The molecule has 0 spiro atoms. The molecule has 0 fully saturated rings. The van der Waals surface area contributed by atoms with Crippen LogP contribution in [0.5, 0.6) is 0 Å². The molecule has 0 aliphatic carbocycles. The second kappa shape index (κ2) is 6.57. The van der Waals surface area contributed by atoms with E-state index in [4.69, 9.17) is 10.5 Å². The molecule has 0 bridgehead atoms. The number of hydrogen-bond donors (Lipinski definition) is 3. The summed E-state index contributed by atoms with van der Waals surface area (Å²) in [5.74, 6) is 0.856. The van der Waals surface area contributed by atoms with Gasteiger partial charge in [0.2, 0.25) is 5.91 Å². The number of nitrogens with one attached hydrogen (secondary N) is 2. The monoisotopic (exact) mass is 225 g/mol. The third-order valence-corrected chi connectivity index (χ3v) is 1.69. The average molecular weight is 225 g/mol. The predicted octanol–water partition coefficient (Wildman–Crippen LogP) is -0.568. The molecule has 4 N–H and O–H groups in total. The molecule has 0 aromatic carbocycles. The van der Waals surface area contributed by atoms with E-state index in [-0.39, 0.29) is 6.61 Å². The van der Waals surface area contributed by atoms with Gasteiger partial charge in [-0.25, -0.2) is 4.98 Å². The van der Waals surface area contributed by atoms with Crippen LogP contribution < -0.4 is 16.4 Å². The zero-order valence-electron chi connectivity index (χ0n) is 9.06. The highest BCUT2D eigenvalue weighted by Crippen LogP contribution is 2.04. The highest BCUT2D eigenvalue weighted by Gasteiger charge is 1.97. The van der Waals surface area contributed by atoms with Crippen LogP contribution in [0.1, 0.15) is 0 Å². The van der Waals surface area contributed by atoms with E-state index in [1.54, 1.807) is 19.4 Å². The van der Waals surface area contributed by atoms with E-state index in [2.05, 4.69) is 20.6 Å². The summed E-state index contributed by atoms with van der Waals surface area (Å²) >= 11 is 0. The van der Waals surface area contributed by atoms with E-state index in [1.165, 1.54) is 0 Å². The van der Waals surface area contributed by atoms with Crippen molar-refractivity contribution in [3.05, 3.63) is 12.4 Å². The van der Waals surface area contributed by atoms with Crippen LogP contribution in [0.2, 0.25) is 0 Å². The van der Waals surface area contributed by atoms with Crippen molar-refractivity contribution in [3.8, 4) is 0 Å².